The third-order valence-corrected chi connectivity index (χ3v) is 2.96. The van der Waals surface area contributed by atoms with Crippen molar-refractivity contribution in [3.8, 4) is 5.75 Å². The molecule has 2 aromatic carbocycles. The maximum absolute atomic E-state index is 10.9. The second-order valence-corrected chi connectivity index (χ2v) is 4.56. The van der Waals surface area contributed by atoms with Gasteiger partial charge in [0.1, 0.15) is 6.61 Å². The van der Waals surface area contributed by atoms with Crippen LogP contribution in [0.15, 0.2) is 48.5 Å². The van der Waals surface area contributed by atoms with Crippen LogP contribution in [0.25, 0.3) is 0 Å². The molecular weight excluding hydrogens is 256 g/mol. The van der Waals surface area contributed by atoms with Gasteiger partial charge < -0.3 is 10.5 Å². The second-order valence-electron chi connectivity index (χ2n) is 4.56. The van der Waals surface area contributed by atoms with Crippen molar-refractivity contribution < 1.29 is 9.66 Å². The number of nitrogens with two attached hydrogens (primary N) is 1. The second kappa shape index (κ2) is 6.16. The van der Waals surface area contributed by atoms with Crippen molar-refractivity contribution in [1.29, 1.82) is 0 Å². The van der Waals surface area contributed by atoms with Gasteiger partial charge in [-0.3, -0.25) is 10.1 Å². The minimum Gasteiger partial charge on any atom is -0.485 e. The van der Waals surface area contributed by atoms with Crippen LogP contribution >= 0.6 is 0 Å². The Hall–Kier alpha value is -2.40. The molecule has 5 heteroatoms. The lowest BCUT2D eigenvalue weighted by Crippen LogP contribution is -2.19. The molecule has 0 aliphatic carbocycles. The maximum Gasteiger partial charge on any atom is 0.310 e. The van der Waals surface area contributed by atoms with Gasteiger partial charge in [-0.25, -0.2) is 0 Å². The summed E-state index contributed by atoms with van der Waals surface area (Å²) < 4.78 is 5.53. The zero-order valence-corrected chi connectivity index (χ0v) is 11.2. The van der Waals surface area contributed by atoms with Gasteiger partial charge >= 0.3 is 5.69 Å². The summed E-state index contributed by atoms with van der Waals surface area (Å²) >= 11 is 0. The Morgan fingerprint density at radius 3 is 2.60 bits per heavy atom. The zero-order chi connectivity index (χ0) is 14.5. The van der Waals surface area contributed by atoms with E-state index in [1.807, 2.05) is 37.3 Å². The molecule has 2 aromatic rings. The number of aryl methyl sites for hydroxylation is 1. The first-order valence-electron chi connectivity index (χ1n) is 6.26. The fourth-order valence-electron chi connectivity index (χ4n) is 1.86. The molecule has 0 aliphatic rings. The molecule has 5 nitrogen and oxygen atoms in total. The molecular formula is C15H16N2O3. The van der Waals surface area contributed by atoms with Crippen LogP contribution in [-0.4, -0.2) is 11.5 Å². The van der Waals surface area contributed by atoms with Crippen LogP contribution in [0.1, 0.15) is 17.2 Å². The van der Waals surface area contributed by atoms with Crippen molar-refractivity contribution in [1.82, 2.24) is 0 Å². The Bertz CT molecular complexity index is 599. The molecule has 0 aliphatic heterocycles. The quantitative estimate of drug-likeness (QED) is 0.670. The zero-order valence-electron chi connectivity index (χ0n) is 11.2. The molecule has 2 N–H and O–H groups in total. The SMILES string of the molecule is Cc1ccc([N+](=O)[O-])c(OCC(N)c2ccccc2)c1. The van der Waals surface area contributed by atoms with Gasteiger partial charge in [-0.1, -0.05) is 36.4 Å². The van der Waals surface area contributed by atoms with Gasteiger partial charge in [-0.2, -0.15) is 0 Å². The highest BCUT2D eigenvalue weighted by Gasteiger charge is 2.16. The minimum absolute atomic E-state index is 0.0455. The van der Waals surface area contributed by atoms with Gasteiger partial charge in [0, 0.05) is 6.07 Å². The summed E-state index contributed by atoms with van der Waals surface area (Å²) in [6, 6.07) is 13.9. The van der Waals surface area contributed by atoms with Crippen molar-refractivity contribution in [2.45, 2.75) is 13.0 Å². The highest BCUT2D eigenvalue weighted by molar-refractivity contribution is 5.48. The van der Waals surface area contributed by atoms with Crippen LogP contribution in [0.4, 0.5) is 5.69 Å². The van der Waals surface area contributed by atoms with Crippen LogP contribution in [0.5, 0.6) is 5.75 Å². The van der Waals surface area contributed by atoms with E-state index in [4.69, 9.17) is 10.5 Å². The molecule has 0 radical (unpaired) electrons. The predicted octanol–water partition coefficient (Wildman–Crippen LogP) is 2.98. The lowest BCUT2D eigenvalue weighted by atomic mass is 10.1. The Morgan fingerprint density at radius 2 is 1.95 bits per heavy atom. The van der Waals surface area contributed by atoms with Crippen molar-refractivity contribution in [3.05, 3.63) is 69.8 Å². The van der Waals surface area contributed by atoms with E-state index in [-0.39, 0.29) is 24.1 Å². The Balaban J connectivity index is 2.11. The van der Waals surface area contributed by atoms with E-state index in [1.165, 1.54) is 6.07 Å². The Morgan fingerprint density at radius 1 is 1.25 bits per heavy atom. The monoisotopic (exact) mass is 272 g/mol. The number of hydrogen-bond donors (Lipinski definition) is 1. The van der Waals surface area contributed by atoms with E-state index in [2.05, 4.69) is 0 Å². The lowest BCUT2D eigenvalue weighted by molar-refractivity contribution is -0.385. The van der Waals surface area contributed by atoms with Crippen LogP contribution < -0.4 is 10.5 Å². The molecule has 0 saturated heterocycles. The molecule has 104 valence electrons. The number of nitrogens with zero attached hydrogens (tertiary/aromatic N) is 1. The van der Waals surface area contributed by atoms with Gasteiger partial charge in [-0.15, -0.1) is 0 Å². The average Bonchev–Trinajstić information content (AvgIpc) is 2.45. The maximum atomic E-state index is 10.9. The van der Waals surface area contributed by atoms with Gasteiger partial charge in [0.05, 0.1) is 11.0 Å². The summed E-state index contributed by atoms with van der Waals surface area (Å²) in [5.74, 6) is 0.251. The molecule has 2 rings (SSSR count). The number of ether oxygens (including phenoxy) is 1. The highest BCUT2D eigenvalue weighted by Crippen LogP contribution is 2.28. The molecule has 0 aromatic heterocycles. The van der Waals surface area contributed by atoms with Crippen molar-refractivity contribution >= 4 is 5.69 Å². The highest BCUT2D eigenvalue weighted by atomic mass is 16.6. The summed E-state index contributed by atoms with van der Waals surface area (Å²) in [7, 11) is 0. The summed E-state index contributed by atoms with van der Waals surface area (Å²) in [4.78, 5) is 10.5. The first-order valence-corrected chi connectivity index (χ1v) is 6.26. The first kappa shape index (κ1) is 14.0. The van der Waals surface area contributed by atoms with E-state index in [9.17, 15) is 10.1 Å². The fourth-order valence-corrected chi connectivity index (χ4v) is 1.86. The van der Waals surface area contributed by atoms with E-state index in [1.54, 1.807) is 12.1 Å². The molecule has 1 unspecified atom stereocenters. The summed E-state index contributed by atoms with van der Waals surface area (Å²) in [6.45, 7) is 2.04. The molecule has 0 fully saturated rings. The summed E-state index contributed by atoms with van der Waals surface area (Å²) in [5, 5.41) is 10.9. The molecule has 0 heterocycles. The Labute approximate surface area is 117 Å². The molecule has 0 spiro atoms. The normalized spacial score (nSPS) is 11.9. The summed E-state index contributed by atoms with van der Waals surface area (Å²) in [5.41, 5.74) is 7.80. The van der Waals surface area contributed by atoms with Gasteiger partial charge in [0.2, 0.25) is 0 Å². The topological polar surface area (TPSA) is 78.4 Å². The van der Waals surface area contributed by atoms with Crippen LogP contribution in [0, 0.1) is 17.0 Å². The third kappa shape index (κ3) is 3.33. The smallest absolute Gasteiger partial charge is 0.310 e. The molecule has 20 heavy (non-hydrogen) atoms. The third-order valence-electron chi connectivity index (χ3n) is 2.96. The Kier molecular flexibility index (Phi) is 4.32. The first-order chi connectivity index (χ1) is 9.58. The number of nitro groups is 1. The van der Waals surface area contributed by atoms with E-state index < -0.39 is 4.92 Å². The molecule has 0 bridgehead atoms. The van der Waals surface area contributed by atoms with Crippen LogP contribution in [0.2, 0.25) is 0 Å². The predicted molar refractivity (Wildman–Crippen MR) is 76.7 cm³/mol. The van der Waals surface area contributed by atoms with Gasteiger partial charge in [-0.05, 0) is 24.1 Å². The fraction of sp³-hybridized carbons (Fsp3) is 0.200. The van der Waals surface area contributed by atoms with E-state index >= 15 is 0 Å². The van der Waals surface area contributed by atoms with Crippen LogP contribution in [-0.2, 0) is 0 Å². The number of rotatable bonds is 5. The van der Waals surface area contributed by atoms with Crippen LogP contribution in [0.3, 0.4) is 0 Å². The molecule has 1 atom stereocenters. The lowest BCUT2D eigenvalue weighted by Gasteiger charge is -2.13. The standard InChI is InChI=1S/C15H16N2O3/c1-11-7-8-14(17(18)19)15(9-11)20-10-13(16)12-5-3-2-4-6-12/h2-9,13H,10,16H2,1H3. The number of hydrogen-bond acceptors (Lipinski definition) is 4. The van der Waals surface area contributed by atoms with Gasteiger partial charge in [0.25, 0.3) is 0 Å². The molecule has 0 saturated carbocycles. The van der Waals surface area contributed by atoms with Crippen molar-refractivity contribution in [3.63, 3.8) is 0 Å². The van der Waals surface area contributed by atoms with Crippen molar-refractivity contribution in [2.24, 2.45) is 5.73 Å². The van der Waals surface area contributed by atoms with Crippen molar-refractivity contribution in [2.75, 3.05) is 6.61 Å². The number of nitro benzene ring substituents is 1. The summed E-state index contributed by atoms with van der Waals surface area (Å²) in [6.07, 6.45) is 0. The number of benzene rings is 2. The average molecular weight is 272 g/mol. The van der Waals surface area contributed by atoms with E-state index in [0.29, 0.717) is 0 Å². The largest absolute Gasteiger partial charge is 0.485 e. The minimum atomic E-state index is -0.456. The van der Waals surface area contributed by atoms with Gasteiger partial charge in [0.15, 0.2) is 5.75 Å². The molecule has 0 amide bonds. The van der Waals surface area contributed by atoms with E-state index in [0.717, 1.165) is 11.1 Å².